The summed E-state index contributed by atoms with van der Waals surface area (Å²) in [6.07, 6.45) is 0.113. The van der Waals surface area contributed by atoms with E-state index in [4.69, 9.17) is 9.47 Å². The molecule has 0 bridgehead atoms. The fraction of sp³-hybridized carbons (Fsp3) is 0.500. The zero-order valence-electron chi connectivity index (χ0n) is 10.5. The molecular formula is C14H17FO4. The van der Waals surface area contributed by atoms with Gasteiger partial charge in [-0.05, 0) is 24.8 Å². The first-order valence-corrected chi connectivity index (χ1v) is 6.34. The molecule has 1 aliphatic heterocycles. The molecular weight excluding hydrogens is 251 g/mol. The molecule has 0 amide bonds. The highest BCUT2D eigenvalue weighted by atomic mass is 19.1. The second kappa shape index (κ2) is 6.63. The molecule has 0 aliphatic carbocycles. The van der Waals surface area contributed by atoms with Crippen molar-refractivity contribution in [2.75, 3.05) is 13.2 Å². The minimum atomic E-state index is -1.16. The van der Waals surface area contributed by atoms with Crippen LogP contribution in [-0.2, 0) is 20.9 Å². The molecule has 1 aliphatic rings. The predicted octanol–water partition coefficient (Wildman–Crippen LogP) is 1.66. The van der Waals surface area contributed by atoms with Crippen LogP contribution < -0.4 is 0 Å². The van der Waals surface area contributed by atoms with E-state index in [2.05, 4.69) is 0 Å². The van der Waals surface area contributed by atoms with Crippen LogP contribution >= 0.6 is 0 Å². The quantitative estimate of drug-likeness (QED) is 0.844. The van der Waals surface area contributed by atoms with Gasteiger partial charge in [0.2, 0.25) is 0 Å². The molecule has 1 saturated heterocycles. The largest absolute Gasteiger partial charge is 0.459 e. The Morgan fingerprint density at radius 1 is 1.42 bits per heavy atom. The Morgan fingerprint density at radius 3 is 2.79 bits per heavy atom. The number of carbonyl (C=O) groups excluding carboxylic acids is 1. The Kier molecular flexibility index (Phi) is 4.87. The van der Waals surface area contributed by atoms with Gasteiger partial charge < -0.3 is 14.6 Å². The van der Waals surface area contributed by atoms with Crippen molar-refractivity contribution in [1.29, 1.82) is 0 Å². The average Bonchev–Trinajstić information content (AvgIpc) is 2.46. The SMILES string of the molecule is O=C(OCc1ccccc1F)[C@@H](O)C1CCOCC1. The molecule has 0 radical (unpaired) electrons. The van der Waals surface area contributed by atoms with E-state index < -0.39 is 17.9 Å². The third kappa shape index (κ3) is 3.75. The minimum Gasteiger partial charge on any atom is -0.459 e. The summed E-state index contributed by atoms with van der Waals surface area (Å²) in [6, 6.07) is 6.08. The van der Waals surface area contributed by atoms with Gasteiger partial charge in [-0.15, -0.1) is 0 Å². The normalized spacial score (nSPS) is 18.0. The van der Waals surface area contributed by atoms with Crippen molar-refractivity contribution >= 4 is 5.97 Å². The van der Waals surface area contributed by atoms with Gasteiger partial charge in [0, 0.05) is 18.8 Å². The molecule has 4 nitrogen and oxygen atoms in total. The third-order valence-corrected chi connectivity index (χ3v) is 3.28. The molecule has 2 rings (SSSR count). The van der Waals surface area contributed by atoms with Crippen molar-refractivity contribution < 1.29 is 23.8 Å². The van der Waals surface area contributed by atoms with Gasteiger partial charge in [-0.25, -0.2) is 9.18 Å². The van der Waals surface area contributed by atoms with Gasteiger partial charge in [-0.3, -0.25) is 0 Å². The Balaban J connectivity index is 1.85. The number of carbonyl (C=O) groups is 1. The Hall–Kier alpha value is -1.46. The lowest BCUT2D eigenvalue weighted by atomic mass is 9.94. The number of esters is 1. The molecule has 1 aromatic rings. The number of aliphatic hydroxyl groups is 1. The second-order valence-corrected chi connectivity index (χ2v) is 4.59. The van der Waals surface area contributed by atoms with Crippen LogP contribution in [-0.4, -0.2) is 30.4 Å². The highest BCUT2D eigenvalue weighted by molar-refractivity contribution is 5.74. The monoisotopic (exact) mass is 268 g/mol. The number of rotatable bonds is 4. The molecule has 0 aromatic heterocycles. The van der Waals surface area contributed by atoms with E-state index in [0.717, 1.165) is 0 Å². The summed E-state index contributed by atoms with van der Waals surface area (Å²) in [6.45, 7) is 0.927. The summed E-state index contributed by atoms with van der Waals surface area (Å²) in [5.41, 5.74) is 0.301. The predicted molar refractivity (Wildman–Crippen MR) is 65.7 cm³/mol. The van der Waals surface area contributed by atoms with Crippen molar-refractivity contribution in [3.8, 4) is 0 Å². The van der Waals surface area contributed by atoms with Crippen molar-refractivity contribution in [3.05, 3.63) is 35.6 Å². The van der Waals surface area contributed by atoms with Crippen LogP contribution in [0.25, 0.3) is 0 Å². The van der Waals surface area contributed by atoms with Crippen LogP contribution in [0, 0.1) is 11.7 Å². The van der Waals surface area contributed by atoms with Gasteiger partial charge in [-0.2, -0.15) is 0 Å². The molecule has 1 atom stereocenters. The molecule has 1 fully saturated rings. The Morgan fingerprint density at radius 2 is 2.11 bits per heavy atom. The van der Waals surface area contributed by atoms with E-state index in [0.29, 0.717) is 31.6 Å². The van der Waals surface area contributed by atoms with E-state index in [1.807, 2.05) is 0 Å². The molecule has 5 heteroatoms. The molecule has 19 heavy (non-hydrogen) atoms. The van der Waals surface area contributed by atoms with Crippen LogP contribution in [0.3, 0.4) is 0 Å². The summed E-state index contributed by atoms with van der Waals surface area (Å²) in [4.78, 5) is 11.7. The van der Waals surface area contributed by atoms with Crippen LogP contribution in [0.15, 0.2) is 24.3 Å². The third-order valence-electron chi connectivity index (χ3n) is 3.28. The number of ether oxygens (including phenoxy) is 2. The average molecular weight is 268 g/mol. The van der Waals surface area contributed by atoms with Gasteiger partial charge >= 0.3 is 5.97 Å². The van der Waals surface area contributed by atoms with Crippen LogP contribution in [0.4, 0.5) is 4.39 Å². The number of benzene rings is 1. The second-order valence-electron chi connectivity index (χ2n) is 4.59. The summed E-state index contributed by atoms with van der Waals surface area (Å²) in [5.74, 6) is -1.26. The zero-order valence-corrected chi connectivity index (χ0v) is 10.5. The Bertz CT molecular complexity index is 429. The van der Waals surface area contributed by atoms with Gasteiger partial charge in [0.05, 0.1) is 0 Å². The summed E-state index contributed by atoms with van der Waals surface area (Å²) >= 11 is 0. The first kappa shape index (κ1) is 14.0. The highest BCUT2D eigenvalue weighted by Crippen LogP contribution is 2.20. The lowest BCUT2D eigenvalue weighted by Gasteiger charge is -2.25. The van der Waals surface area contributed by atoms with Crippen molar-refractivity contribution in [2.45, 2.75) is 25.6 Å². The van der Waals surface area contributed by atoms with Gasteiger partial charge in [0.15, 0.2) is 6.10 Å². The number of hydrogen-bond donors (Lipinski definition) is 1. The fourth-order valence-corrected chi connectivity index (χ4v) is 2.07. The van der Waals surface area contributed by atoms with Gasteiger partial charge in [-0.1, -0.05) is 18.2 Å². The minimum absolute atomic E-state index is 0.137. The van der Waals surface area contributed by atoms with Crippen LogP contribution in [0.1, 0.15) is 18.4 Å². The highest BCUT2D eigenvalue weighted by Gasteiger charge is 2.29. The van der Waals surface area contributed by atoms with Gasteiger partial charge in [0.25, 0.3) is 0 Å². The lowest BCUT2D eigenvalue weighted by Crippen LogP contribution is -2.34. The number of aliphatic hydroxyl groups excluding tert-OH is 1. The van der Waals surface area contributed by atoms with Crippen molar-refractivity contribution in [3.63, 3.8) is 0 Å². The molecule has 0 saturated carbocycles. The van der Waals surface area contributed by atoms with Crippen molar-refractivity contribution in [1.82, 2.24) is 0 Å². The van der Waals surface area contributed by atoms with Gasteiger partial charge in [0.1, 0.15) is 12.4 Å². The lowest BCUT2D eigenvalue weighted by molar-refractivity contribution is -0.160. The van der Waals surface area contributed by atoms with E-state index in [1.165, 1.54) is 6.07 Å². The Labute approximate surface area is 111 Å². The molecule has 0 unspecified atom stereocenters. The van der Waals surface area contributed by atoms with Crippen LogP contribution in [0.2, 0.25) is 0 Å². The molecule has 1 N–H and O–H groups in total. The maximum Gasteiger partial charge on any atom is 0.335 e. The smallest absolute Gasteiger partial charge is 0.335 e. The maximum absolute atomic E-state index is 13.3. The summed E-state index contributed by atoms with van der Waals surface area (Å²) in [5, 5.41) is 9.87. The fourth-order valence-electron chi connectivity index (χ4n) is 2.07. The topological polar surface area (TPSA) is 55.8 Å². The molecule has 104 valence electrons. The standard InChI is InChI=1S/C14H17FO4/c15-12-4-2-1-3-11(12)9-19-14(17)13(16)10-5-7-18-8-6-10/h1-4,10,13,16H,5-9H2/t13-/m0/s1. The van der Waals surface area contributed by atoms with Crippen molar-refractivity contribution in [2.24, 2.45) is 5.92 Å². The van der Waals surface area contributed by atoms with Crippen LogP contribution in [0.5, 0.6) is 0 Å². The zero-order chi connectivity index (χ0) is 13.7. The van der Waals surface area contributed by atoms with E-state index in [-0.39, 0.29) is 12.5 Å². The molecule has 0 spiro atoms. The number of halogens is 1. The van der Waals surface area contributed by atoms with E-state index in [9.17, 15) is 14.3 Å². The molecule has 1 heterocycles. The first-order chi connectivity index (χ1) is 9.18. The first-order valence-electron chi connectivity index (χ1n) is 6.34. The maximum atomic E-state index is 13.3. The summed E-state index contributed by atoms with van der Waals surface area (Å²) in [7, 11) is 0. The van der Waals surface area contributed by atoms with E-state index >= 15 is 0 Å². The number of hydrogen-bond acceptors (Lipinski definition) is 4. The van der Waals surface area contributed by atoms with E-state index in [1.54, 1.807) is 18.2 Å². The molecule has 1 aromatic carbocycles. The summed E-state index contributed by atoms with van der Waals surface area (Å²) < 4.78 is 23.4.